The third kappa shape index (κ3) is 3.87. The number of thiophene rings is 1. The summed E-state index contributed by atoms with van der Waals surface area (Å²) in [5.74, 6) is -14.4. The van der Waals surface area contributed by atoms with E-state index in [9.17, 15) is 36.2 Å². The van der Waals surface area contributed by atoms with Crippen LogP contribution < -0.4 is 9.26 Å². The number of rotatable bonds is 4. The SMILES string of the molecule is CP(=O)(O)Oc1ccc2sc(C(=O)Oc3c(F)c(F)c(F)c(F)c3F)cc2c1. The number of carbonyl (C=O) groups excluding carboxylic acids is 1. The first kappa shape index (κ1) is 20.2. The molecule has 0 bridgehead atoms. The Bertz CT molecular complexity index is 1130. The maximum Gasteiger partial charge on any atom is 0.373 e. The Balaban J connectivity index is 1.94. The number of carbonyl (C=O) groups is 1. The predicted octanol–water partition coefficient (Wildman–Crippen LogP) is 5.01. The molecule has 3 aromatic rings. The molecule has 3 rings (SSSR count). The third-order valence-corrected chi connectivity index (χ3v) is 4.97. The Morgan fingerprint density at radius 3 is 2.14 bits per heavy atom. The van der Waals surface area contributed by atoms with E-state index in [0.29, 0.717) is 10.1 Å². The van der Waals surface area contributed by atoms with Gasteiger partial charge >= 0.3 is 13.6 Å². The number of halogens is 5. The molecule has 0 amide bonds. The van der Waals surface area contributed by atoms with Crippen LogP contribution in [0.25, 0.3) is 10.1 Å². The monoisotopic (exact) mass is 438 g/mol. The molecule has 1 N–H and O–H groups in total. The van der Waals surface area contributed by atoms with Gasteiger partial charge in [-0.2, -0.15) is 8.78 Å². The van der Waals surface area contributed by atoms with Gasteiger partial charge in [-0.05, 0) is 29.7 Å². The number of fused-ring (bicyclic) bond motifs is 1. The lowest BCUT2D eigenvalue weighted by molar-refractivity contribution is 0.0721. The fourth-order valence-corrected chi connectivity index (χ4v) is 3.62. The van der Waals surface area contributed by atoms with Gasteiger partial charge in [-0.1, -0.05) is 0 Å². The van der Waals surface area contributed by atoms with Crippen molar-refractivity contribution < 1.29 is 45.5 Å². The molecule has 28 heavy (non-hydrogen) atoms. The third-order valence-electron chi connectivity index (χ3n) is 3.33. The van der Waals surface area contributed by atoms with E-state index in [-0.39, 0.29) is 10.6 Å². The highest BCUT2D eigenvalue weighted by Gasteiger charge is 2.29. The summed E-state index contributed by atoms with van der Waals surface area (Å²) in [6.07, 6.45) is 0. The van der Waals surface area contributed by atoms with E-state index in [1.807, 2.05) is 0 Å². The first-order valence-electron chi connectivity index (χ1n) is 7.25. The van der Waals surface area contributed by atoms with E-state index in [1.54, 1.807) is 0 Å². The normalized spacial score (nSPS) is 13.4. The summed E-state index contributed by atoms with van der Waals surface area (Å²) in [5, 5.41) is 0.361. The Kier molecular flexibility index (Phi) is 5.18. The Labute approximate surface area is 157 Å². The summed E-state index contributed by atoms with van der Waals surface area (Å²) in [4.78, 5) is 21.1. The molecule has 0 spiro atoms. The zero-order chi connectivity index (χ0) is 20.8. The van der Waals surface area contributed by atoms with Gasteiger partial charge in [0.05, 0.1) is 0 Å². The lowest BCUT2D eigenvalue weighted by Crippen LogP contribution is -2.12. The minimum atomic E-state index is -3.82. The molecule has 0 aliphatic carbocycles. The molecule has 0 fully saturated rings. The number of esters is 1. The van der Waals surface area contributed by atoms with Crippen LogP contribution in [-0.2, 0) is 4.57 Å². The molecular weight excluding hydrogens is 430 g/mol. The summed E-state index contributed by atoms with van der Waals surface area (Å²) < 4.78 is 87.7. The lowest BCUT2D eigenvalue weighted by atomic mass is 10.2. The molecule has 1 unspecified atom stereocenters. The van der Waals surface area contributed by atoms with E-state index in [2.05, 4.69) is 4.74 Å². The zero-order valence-electron chi connectivity index (χ0n) is 13.6. The number of hydrogen-bond donors (Lipinski definition) is 1. The van der Waals surface area contributed by atoms with Crippen molar-refractivity contribution in [1.29, 1.82) is 0 Å². The van der Waals surface area contributed by atoms with Gasteiger partial charge in [0.25, 0.3) is 0 Å². The van der Waals surface area contributed by atoms with Gasteiger partial charge in [0.1, 0.15) is 10.6 Å². The van der Waals surface area contributed by atoms with Gasteiger partial charge in [-0.3, -0.25) is 0 Å². The predicted molar refractivity (Wildman–Crippen MR) is 89.4 cm³/mol. The molecule has 1 aromatic heterocycles. The Morgan fingerprint density at radius 1 is 1.00 bits per heavy atom. The van der Waals surface area contributed by atoms with Crippen LogP contribution in [-0.4, -0.2) is 17.5 Å². The minimum Gasteiger partial charge on any atom is -0.425 e. The molecular formula is C16H8F5O5PS. The second kappa shape index (κ2) is 7.16. The van der Waals surface area contributed by atoms with E-state index in [4.69, 9.17) is 4.52 Å². The first-order valence-corrected chi connectivity index (χ1v) is 10.1. The molecule has 2 aromatic carbocycles. The van der Waals surface area contributed by atoms with E-state index in [0.717, 1.165) is 18.0 Å². The highest BCUT2D eigenvalue weighted by atomic mass is 32.1. The smallest absolute Gasteiger partial charge is 0.373 e. The molecule has 0 aliphatic rings. The van der Waals surface area contributed by atoms with Crippen LogP contribution in [0.3, 0.4) is 0 Å². The molecule has 0 saturated carbocycles. The highest BCUT2D eigenvalue weighted by molar-refractivity contribution is 7.52. The van der Waals surface area contributed by atoms with Crippen LogP contribution in [0.1, 0.15) is 9.67 Å². The molecule has 0 aliphatic heterocycles. The van der Waals surface area contributed by atoms with E-state index >= 15 is 0 Å². The quantitative estimate of drug-likeness (QED) is 0.155. The van der Waals surface area contributed by atoms with Gasteiger partial charge < -0.3 is 14.2 Å². The summed E-state index contributed by atoms with van der Waals surface area (Å²) in [5.41, 5.74) is 0. The molecule has 5 nitrogen and oxygen atoms in total. The first-order chi connectivity index (χ1) is 13.0. The van der Waals surface area contributed by atoms with Crippen molar-refractivity contribution >= 4 is 35.0 Å². The topological polar surface area (TPSA) is 72.8 Å². The second-order valence-electron chi connectivity index (χ2n) is 5.49. The zero-order valence-corrected chi connectivity index (χ0v) is 15.3. The van der Waals surface area contributed by atoms with Gasteiger partial charge in [0, 0.05) is 11.4 Å². The molecule has 1 heterocycles. The summed E-state index contributed by atoms with van der Waals surface area (Å²) >= 11 is 0.806. The van der Waals surface area contributed by atoms with Crippen LogP contribution in [0, 0.1) is 29.1 Å². The van der Waals surface area contributed by atoms with Gasteiger partial charge in [-0.25, -0.2) is 22.5 Å². The lowest BCUT2D eigenvalue weighted by Gasteiger charge is -2.08. The van der Waals surface area contributed by atoms with Crippen molar-refractivity contribution in [2.24, 2.45) is 0 Å². The maximum absolute atomic E-state index is 13.6. The van der Waals surface area contributed by atoms with Crippen molar-refractivity contribution in [3.05, 3.63) is 58.2 Å². The van der Waals surface area contributed by atoms with Gasteiger partial charge in [0.2, 0.25) is 34.8 Å². The van der Waals surface area contributed by atoms with Gasteiger partial charge in [0.15, 0.2) is 0 Å². The summed E-state index contributed by atoms with van der Waals surface area (Å²) in [6.45, 7) is 0.970. The van der Waals surface area contributed by atoms with Crippen LogP contribution in [0.4, 0.5) is 22.0 Å². The van der Waals surface area contributed by atoms with Crippen molar-refractivity contribution in [2.75, 3.05) is 6.66 Å². The molecule has 12 heteroatoms. The standard InChI is InChI=1S/C16H8F5O5PS/c1-27(23,24)26-7-2-3-8-6(4-7)5-9(28-8)16(22)25-15-13(20)11(18)10(17)12(19)14(15)21/h2-5H,1H3,(H,23,24). The molecule has 0 radical (unpaired) electrons. The largest absolute Gasteiger partial charge is 0.425 e. The molecule has 148 valence electrons. The van der Waals surface area contributed by atoms with Crippen LogP contribution >= 0.6 is 18.9 Å². The number of hydrogen-bond acceptors (Lipinski definition) is 5. The summed E-state index contributed by atoms with van der Waals surface area (Å²) in [7, 11) is -3.82. The van der Waals surface area contributed by atoms with Crippen molar-refractivity contribution in [3.8, 4) is 11.5 Å². The fourth-order valence-electron chi connectivity index (χ4n) is 2.19. The average Bonchev–Trinajstić information content (AvgIpc) is 3.04. The number of ether oxygens (including phenoxy) is 1. The Hall–Kier alpha value is -2.49. The van der Waals surface area contributed by atoms with Crippen LogP contribution in [0.15, 0.2) is 24.3 Å². The van der Waals surface area contributed by atoms with Crippen molar-refractivity contribution in [3.63, 3.8) is 0 Å². The highest BCUT2D eigenvalue weighted by Crippen LogP contribution is 2.40. The second-order valence-corrected chi connectivity index (χ2v) is 8.37. The maximum atomic E-state index is 13.6. The van der Waals surface area contributed by atoms with Crippen LogP contribution in [0.2, 0.25) is 0 Å². The Morgan fingerprint density at radius 2 is 1.57 bits per heavy atom. The molecule has 0 saturated heterocycles. The van der Waals surface area contributed by atoms with E-state index in [1.165, 1.54) is 24.3 Å². The van der Waals surface area contributed by atoms with E-state index < -0.39 is 48.4 Å². The van der Waals surface area contributed by atoms with Gasteiger partial charge in [-0.15, -0.1) is 11.3 Å². The molecule has 1 atom stereocenters. The van der Waals surface area contributed by atoms with Crippen molar-refractivity contribution in [1.82, 2.24) is 0 Å². The minimum absolute atomic E-state index is 0.0262. The average molecular weight is 438 g/mol. The fraction of sp³-hybridized carbons (Fsp3) is 0.0625. The number of benzene rings is 2. The van der Waals surface area contributed by atoms with Crippen LogP contribution in [0.5, 0.6) is 11.5 Å². The van der Waals surface area contributed by atoms with Crippen molar-refractivity contribution in [2.45, 2.75) is 0 Å². The summed E-state index contributed by atoms with van der Waals surface area (Å²) in [6, 6.07) is 5.33.